The molecule has 0 saturated heterocycles. The average Bonchev–Trinajstić information content (AvgIpc) is 2.87. The second-order valence-electron chi connectivity index (χ2n) is 8.48. The Kier molecular flexibility index (Phi) is 7.91. The van der Waals surface area contributed by atoms with Crippen LogP contribution in [-0.2, 0) is 4.79 Å². The maximum Gasteiger partial charge on any atom is 0.311 e. The van der Waals surface area contributed by atoms with Gasteiger partial charge in [-0.25, -0.2) is 9.37 Å². The van der Waals surface area contributed by atoms with Gasteiger partial charge in [0.2, 0.25) is 0 Å². The highest BCUT2D eigenvalue weighted by molar-refractivity contribution is 9.10. The molecule has 0 spiro atoms. The molecule has 194 valence electrons. The van der Waals surface area contributed by atoms with E-state index in [0.29, 0.717) is 26.8 Å². The van der Waals surface area contributed by atoms with E-state index in [0.717, 1.165) is 6.07 Å². The Bertz CT molecular complexity index is 1640. The number of nitrogens with one attached hydrogen (secondary N) is 1. The molecule has 4 aromatic rings. The number of nitro benzene ring substituents is 1. The molecule has 0 atom stereocenters. The molecule has 3 aromatic carbocycles. The first kappa shape index (κ1) is 26.6. The van der Waals surface area contributed by atoms with E-state index in [4.69, 9.17) is 4.74 Å². The second kappa shape index (κ2) is 11.3. The molecule has 0 bridgehead atoms. The highest BCUT2D eigenvalue weighted by atomic mass is 79.9. The summed E-state index contributed by atoms with van der Waals surface area (Å²) in [5, 5.41) is 18.8. The molecule has 0 aliphatic carbocycles. The summed E-state index contributed by atoms with van der Waals surface area (Å²) < 4.78 is 20.5. The van der Waals surface area contributed by atoms with Gasteiger partial charge in [-0.2, -0.15) is 9.78 Å². The molecular weight excluding hydrogens is 561 g/mol. The predicted octanol–water partition coefficient (Wildman–Crippen LogP) is 5.23. The van der Waals surface area contributed by atoms with Gasteiger partial charge < -0.3 is 10.1 Å². The summed E-state index contributed by atoms with van der Waals surface area (Å²) in [7, 11) is 0. The minimum Gasteiger partial charge on any atom is -0.477 e. The zero-order valence-electron chi connectivity index (χ0n) is 20.2. The maximum atomic E-state index is 13.3. The summed E-state index contributed by atoms with van der Waals surface area (Å²) in [6.45, 7) is 3.22. The summed E-state index contributed by atoms with van der Waals surface area (Å²) in [4.78, 5) is 40.9. The number of hydrogen-bond donors (Lipinski definition) is 1. The van der Waals surface area contributed by atoms with Crippen molar-refractivity contribution < 1.29 is 18.8 Å². The van der Waals surface area contributed by atoms with Crippen molar-refractivity contribution in [2.24, 2.45) is 5.10 Å². The van der Waals surface area contributed by atoms with E-state index in [1.807, 2.05) is 13.8 Å². The fourth-order valence-corrected chi connectivity index (χ4v) is 3.92. The minimum absolute atomic E-state index is 0.128. The second-order valence-corrected chi connectivity index (χ2v) is 9.39. The van der Waals surface area contributed by atoms with Crippen molar-refractivity contribution >= 4 is 50.3 Å². The van der Waals surface area contributed by atoms with Crippen LogP contribution in [0.15, 0.2) is 75.0 Å². The van der Waals surface area contributed by atoms with Gasteiger partial charge in [-0.3, -0.25) is 19.7 Å². The molecule has 1 heterocycles. The van der Waals surface area contributed by atoms with E-state index in [9.17, 15) is 24.1 Å². The smallest absolute Gasteiger partial charge is 0.311 e. The number of amides is 1. The van der Waals surface area contributed by atoms with Crippen LogP contribution in [0.25, 0.3) is 10.9 Å². The summed E-state index contributed by atoms with van der Waals surface area (Å²) in [6, 6.07) is 14.5. The molecule has 0 unspecified atom stereocenters. The lowest BCUT2D eigenvalue weighted by atomic mass is 10.2. The monoisotopic (exact) mass is 581 g/mol. The molecule has 38 heavy (non-hydrogen) atoms. The first-order chi connectivity index (χ1) is 18.1. The van der Waals surface area contributed by atoms with Crippen molar-refractivity contribution in [3.8, 4) is 5.75 Å². The Labute approximate surface area is 224 Å². The maximum absolute atomic E-state index is 13.3. The quantitative estimate of drug-likeness (QED) is 0.172. The molecule has 1 aromatic heterocycles. The number of benzene rings is 3. The van der Waals surface area contributed by atoms with Crippen LogP contribution in [0.5, 0.6) is 5.75 Å². The number of carbonyl (C=O) groups excluding carboxylic acids is 1. The summed E-state index contributed by atoms with van der Waals surface area (Å²) in [5.74, 6) is -0.978. The van der Waals surface area contributed by atoms with Crippen molar-refractivity contribution in [3.05, 3.63) is 103 Å². The number of carbonyl (C=O) groups is 1. The van der Waals surface area contributed by atoms with Gasteiger partial charge in [0.1, 0.15) is 11.6 Å². The van der Waals surface area contributed by atoms with Gasteiger partial charge in [-0.05, 0) is 48.5 Å². The third kappa shape index (κ3) is 6.09. The molecule has 1 N–H and O–H groups in total. The summed E-state index contributed by atoms with van der Waals surface area (Å²) in [5.41, 5.74) is 0.307. The zero-order chi connectivity index (χ0) is 27.4. The van der Waals surface area contributed by atoms with Crippen molar-refractivity contribution in [1.82, 2.24) is 9.66 Å². The van der Waals surface area contributed by atoms with Crippen LogP contribution >= 0.6 is 15.9 Å². The van der Waals surface area contributed by atoms with E-state index in [-0.39, 0.29) is 22.9 Å². The molecular formula is C26H21BrFN5O5. The van der Waals surface area contributed by atoms with Gasteiger partial charge in [0.25, 0.3) is 11.5 Å². The topological polar surface area (TPSA) is 129 Å². The molecule has 10 nitrogen and oxygen atoms in total. The number of hydrogen-bond acceptors (Lipinski definition) is 7. The van der Waals surface area contributed by atoms with Gasteiger partial charge in [0.15, 0.2) is 12.4 Å². The van der Waals surface area contributed by atoms with Crippen molar-refractivity contribution in [2.75, 3.05) is 11.9 Å². The Morgan fingerprint density at radius 2 is 2.03 bits per heavy atom. The zero-order valence-corrected chi connectivity index (χ0v) is 21.8. The molecule has 0 aliphatic rings. The van der Waals surface area contributed by atoms with Crippen LogP contribution in [0.1, 0.15) is 31.2 Å². The normalized spacial score (nSPS) is 11.3. The third-order valence-electron chi connectivity index (χ3n) is 5.32. The number of anilines is 1. The largest absolute Gasteiger partial charge is 0.477 e. The van der Waals surface area contributed by atoms with Crippen LogP contribution < -0.4 is 15.6 Å². The third-order valence-corrected chi connectivity index (χ3v) is 5.81. The highest BCUT2D eigenvalue weighted by Crippen LogP contribution is 2.28. The van der Waals surface area contributed by atoms with Gasteiger partial charge in [-0.15, -0.1) is 0 Å². The number of nitrogens with zero attached hydrogens (tertiary/aromatic N) is 4. The molecule has 4 rings (SSSR count). The number of halogens is 2. The number of ether oxygens (including phenoxy) is 1. The van der Waals surface area contributed by atoms with E-state index in [1.54, 1.807) is 18.2 Å². The van der Waals surface area contributed by atoms with E-state index < -0.39 is 28.9 Å². The molecule has 0 radical (unpaired) electrons. The number of rotatable bonds is 8. The van der Waals surface area contributed by atoms with Crippen molar-refractivity contribution in [2.45, 2.75) is 19.8 Å². The number of aromatic nitrogens is 2. The van der Waals surface area contributed by atoms with Gasteiger partial charge >= 0.3 is 5.69 Å². The Morgan fingerprint density at radius 1 is 1.24 bits per heavy atom. The average molecular weight is 582 g/mol. The fourth-order valence-electron chi connectivity index (χ4n) is 3.56. The minimum atomic E-state index is -0.655. The first-order valence-electron chi connectivity index (χ1n) is 11.4. The molecule has 1 amide bonds. The van der Waals surface area contributed by atoms with Crippen LogP contribution in [0.4, 0.5) is 15.8 Å². The van der Waals surface area contributed by atoms with Crippen LogP contribution in [0, 0.1) is 15.9 Å². The van der Waals surface area contributed by atoms with E-state index in [2.05, 4.69) is 31.3 Å². The molecule has 0 fully saturated rings. The molecule has 0 aliphatic heterocycles. The SMILES string of the molecule is CC(C)c1nc2ccc(Br)cc2c(=O)n1N=Cc1ccc(OCC(=O)Nc2cccc(F)c2)c([N+](=O)[O-])c1. The lowest BCUT2D eigenvalue weighted by molar-refractivity contribution is -0.385. The van der Waals surface area contributed by atoms with E-state index >= 15 is 0 Å². The predicted molar refractivity (Wildman–Crippen MR) is 144 cm³/mol. The van der Waals surface area contributed by atoms with Gasteiger partial charge in [0, 0.05) is 27.7 Å². The van der Waals surface area contributed by atoms with Crippen molar-refractivity contribution in [1.29, 1.82) is 0 Å². The fraction of sp³-hybridized carbons (Fsp3) is 0.154. The Hall–Kier alpha value is -4.45. The van der Waals surface area contributed by atoms with Gasteiger partial charge in [0.05, 0.1) is 22.0 Å². The lowest BCUT2D eigenvalue weighted by Gasteiger charge is -2.12. The first-order valence-corrected chi connectivity index (χ1v) is 12.1. The van der Waals surface area contributed by atoms with Crippen LogP contribution in [0.2, 0.25) is 0 Å². The lowest BCUT2D eigenvalue weighted by Crippen LogP contribution is -2.23. The number of fused-ring (bicyclic) bond motifs is 1. The van der Waals surface area contributed by atoms with Crippen LogP contribution in [0.3, 0.4) is 0 Å². The molecule has 12 heteroatoms. The summed E-state index contributed by atoms with van der Waals surface area (Å²) >= 11 is 3.35. The highest BCUT2D eigenvalue weighted by Gasteiger charge is 2.18. The van der Waals surface area contributed by atoms with Crippen molar-refractivity contribution in [3.63, 3.8) is 0 Å². The van der Waals surface area contributed by atoms with Gasteiger partial charge in [-0.1, -0.05) is 35.8 Å². The Balaban J connectivity index is 1.58. The Morgan fingerprint density at radius 3 is 2.74 bits per heavy atom. The summed E-state index contributed by atoms with van der Waals surface area (Å²) in [6.07, 6.45) is 1.31. The van der Waals surface area contributed by atoms with E-state index in [1.165, 1.54) is 47.3 Å². The number of nitro groups is 1. The molecule has 0 saturated carbocycles. The standard InChI is InChI=1S/C26H21BrFN5O5/c1-15(2)25-31-21-8-7-17(27)11-20(21)26(35)32(25)29-13-16-6-9-23(22(10-16)33(36)37)38-14-24(34)30-19-5-3-4-18(28)12-19/h3-13,15H,14H2,1-2H3,(H,30,34). The van der Waals surface area contributed by atoms with Crippen LogP contribution in [-0.4, -0.2) is 33.3 Å².